The summed E-state index contributed by atoms with van der Waals surface area (Å²) in [4.78, 5) is 0. The van der Waals surface area contributed by atoms with Gasteiger partial charge in [0.25, 0.3) is 0 Å². The fourth-order valence-electron chi connectivity index (χ4n) is 0. The van der Waals surface area contributed by atoms with Crippen LogP contribution in [0.1, 0.15) is 13.3 Å². The van der Waals surface area contributed by atoms with Gasteiger partial charge in [-0.25, -0.2) is 0 Å². The van der Waals surface area contributed by atoms with Crippen LogP contribution >= 0.6 is 0 Å². The Hall–Kier alpha value is 0.648. The summed E-state index contributed by atoms with van der Waals surface area (Å²) in [5, 5.41) is 7.88. The standard InChI is InChI=1S/C3H8O.Mo/c1-2-3-4;/h4H,2-3H2,1H3;. The van der Waals surface area contributed by atoms with E-state index in [-0.39, 0.29) is 21.1 Å². The minimum atomic E-state index is 0. The van der Waals surface area contributed by atoms with E-state index in [0.29, 0.717) is 6.61 Å². The van der Waals surface area contributed by atoms with Crippen molar-refractivity contribution in [2.45, 2.75) is 13.3 Å². The van der Waals surface area contributed by atoms with Crippen LogP contribution in [-0.4, -0.2) is 11.7 Å². The summed E-state index contributed by atoms with van der Waals surface area (Å²) in [6.07, 6.45) is 0.875. The smallest absolute Gasteiger partial charge is 0.0428 e. The average molecular weight is 156 g/mol. The fraction of sp³-hybridized carbons (Fsp3) is 1.00. The number of aliphatic hydroxyl groups is 1. The molecule has 0 aliphatic rings. The first-order chi connectivity index (χ1) is 1.91. The molecule has 32 valence electrons. The molecular weight excluding hydrogens is 148 g/mol. The first-order valence-corrected chi connectivity index (χ1v) is 1.52. The van der Waals surface area contributed by atoms with Crippen molar-refractivity contribution < 1.29 is 26.2 Å². The molecule has 0 bridgehead atoms. The molecule has 1 nitrogen and oxygen atoms in total. The van der Waals surface area contributed by atoms with Crippen LogP contribution in [0.5, 0.6) is 0 Å². The molecule has 0 unspecified atom stereocenters. The van der Waals surface area contributed by atoms with Crippen molar-refractivity contribution in [1.82, 2.24) is 0 Å². The van der Waals surface area contributed by atoms with E-state index in [1.807, 2.05) is 6.92 Å². The van der Waals surface area contributed by atoms with E-state index in [1.54, 1.807) is 0 Å². The molecule has 0 amide bonds. The van der Waals surface area contributed by atoms with Gasteiger partial charge < -0.3 is 5.11 Å². The van der Waals surface area contributed by atoms with Crippen molar-refractivity contribution >= 4 is 0 Å². The Kier molecular flexibility index (Phi) is 16.2. The van der Waals surface area contributed by atoms with Crippen LogP contribution in [0.15, 0.2) is 0 Å². The minimum Gasteiger partial charge on any atom is -0.396 e. The molecule has 5 heavy (non-hydrogen) atoms. The SMILES string of the molecule is CCCO.[Mo]. The largest absolute Gasteiger partial charge is 0.396 e. The summed E-state index contributed by atoms with van der Waals surface area (Å²) in [6, 6.07) is 0. The maximum Gasteiger partial charge on any atom is 0.0428 e. The Bertz CT molecular complexity index is 8.85. The Balaban J connectivity index is 0. The Morgan fingerprint density at radius 1 is 1.60 bits per heavy atom. The van der Waals surface area contributed by atoms with Crippen molar-refractivity contribution in [3.63, 3.8) is 0 Å². The van der Waals surface area contributed by atoms with Gasteiger partial charge >= 0.3 is 0 Å². The summed E-state index contributed by atoms with van der Waals surface area (Å²) in [7, 11) is 0. The Morgan fingerprint density at radius 3 is 1.80 bits per heavy atom. The number of rotatable bonds is 1. The zero-order valence-electron chi connectivity index (χ0n) is 3.27. The molecule has 0 aliphatic carbocycles. The zero-order chi connectivity index (χ0) is 3.41. The topological polar surface area (TPSA) is 20.2 Å². The van der Waals surface area contributed by atoms with Crippen LogP contribution < -0.4 is 0 Å². The molecule has 0 heterocycles. The molecule has 0 saturated heterocycles. The molecule has 0 fully saturated rings. The van der Waals surface area contributed by atoms with Gasteiger partial charge in [0.2, 0.25) is 0 Å². The van der Waals surface area contributed by atoms with Gasteiger partial charge in [0, 0.05) is 27.7 Å². The van der Waals surface area contributed by atoms with E-state index >= 15 is 0 Å². The summed E-state index contributed by atoms with van der Waals surface area (Å²) < 4.78 is 0. The van der Waals surface area contributed by atoms with E-state index in [2.05, 4.69) is 0 Å². The second-order valence-electron chi connectivity index (χ2n) is 0.724. The molecule has 1 N–H and O–H groups in total. The van der Waals surface area contributed by atoms with E-state index < -0.39 is 0 Å². The van der Waals surface area contributed by atoms with Gasteiger partial charge in [0.1, 0.15) is 0 Å². The van der Waals surface area contributed by atoms with E-state index in [4.69, 9.17) is 5.11 Å². The third-order valence-electron chi connectivity index (χ3n) is 0.224. The van der Waals surface area contributed by atoms with E-state index in [0.717, 1.165) is 6.42 Å². The second kappa shape index (κ2) is 8.82. The van der Waals surface area contributed by atoms with E-state index in [9.17, 15) is 0 Å². The number of aliphatic hydroxyl groups excluding tert-OH is 1. The molecule has 0 rings (SSSR count). The fourth-order valence-corrected chi connectivity index (χ4v) is 0. The van der Waals surface area contributed by atoms with Crippen LogP contribution in [0.4, 0.5) is 0 Å². The third kappa shape index (κ3) is 12.0. The van der Waals surface area contributed by atoms with Crippen LogP contribution in [0, 0.1) is 0 Å². The molecular formula is C3H8MoO. The van der Waals surface area contributed by atoms with Crippen LogP contribution in [-0.2, 0) is 21.1 Å². The average Bonchev–Trinajstić information content (AvgIpc) is 1.37. The first kappa shape index (κ1) is 9.17. The van der Waals surface area contributed by atoms with Crippen LogP contribution in [0.2, 0.25) is 0 Å². The monoisotopic (exact) mass is 158 g/mol. The van der Waals surface area contributed by atoms with Crippen LogP contribution in [0.25, 0.3) is 0 Å². The normalized spacial score (nSPS) is 6.00. The minimum absolute atomic E-state index is 0. The summed E-state index contributed by atoms with van der Waals surface area (Å²) in [6.45, 7) is 2.25. The van der Waals surface area contributed by atoms with Gasteiger partial charge in [-0.15, -0.1) is 0 Å². The Labute approximate surface area is 46.7 Å². The summed E-state index contributed by atoms with van der Waals surface area (Å²) in [5.41, 5.74) is 0. The van der Waals surface area contributed by atoms with Crippen molar-refractivity contribution in [2.24, 2.45) is 0 Å². The van der Waals surface area contributed by atoms with Crippen molar-refractivity contribution in [3.8, 4) is 0 Å². The van der Waals surface area contributed by atoms with Crippen LogP contribution in [0.3, 0.4) is 0 Å². The molecule has 0 radical (unpaired) electrons. The number of hydrogen-bond acceptors (Lipinski definition) is 1. The van der Waals surface area contributed by atoms with Gasteiger partial charge in [-0.05, 0) is 6.42 Å². The second-order valence-corrected chi connectivity index (χ2v) is 0.724. The Morgan fingerprint density at radius 2 is 1.80 bits per heavy atom. The molecule has 0 spiro atoms. The quantitative estimate of drug-likeness (QED) is 0.544. The molecule has 2 heteroatoms. The predicted molar refractivity (Wildman–Crippen MR) is 17.4 cm³/mol. The molecule has 0 aromatic carbocycles. The molecule has 0 saturated carbocycles. The maximum atomic E-state index is 7.88. The third-order valence-corrected chi connectivity index (χ3v) is 0.224. The van der Waals surface area contributed by atoms with Gasteiger partial charge in [0.05, 0.1) is 0 Å². The van der Waals surface area contributed by atoms with Gasteiger partial charge in [-0.3, -0.25) is 0 Å². The predicted octanol–water partition coefficient (Wildman–Crippen LogP) is 0.386. The first-order valence-electron chi connectivity index (χ1n) is 1.52. The molecule has 0 aliphatic heterocycles. The summed E-state index contributed by atoms with van der Waals surface area (Å²) in [5.74, 6) is 0. The zero-order valence-corrected chi connectivity index (χ0v) is 5.28. The van der Waals surface area contributed by atoms with Gasteiger partial charge in [-0.1, -0.05) is 6.92 Å². The van der Waals surface area contributed by atoms with Gasteiger partial charge in [0.15, 0.2) is 0 Å². The number of hydrogen-bond donors (Lipinski definition) is 1. The molecule has 0 aromatic rings. The van der Waals surface area contributed by atoms with Crippen molar-refractivity contribution in [1.29, 1.82) is 0 Å². The molecule has 0 atom stereocenters. The van der Waals surface area contributed by atoms with Crippen molar-refractivity contribution in [3.05, 3.63) is 0 Å². The van der Waals surface area contributed by atoms with Crippen molar-refractivity contribution in [2.75, 3.05) is 6.61 Å². The van der Waals surface area contributed by atoms with E-state index in [1.165, 1.54) is 0 Å². The molecule has 0 aromatic heterocycles. The summed E-state index contributed by atoms with van der Waals surface area (Å²) >= 11 is 0. The van der Waals surface area contributed by atoms with Gasteiger partial charge in [-0.2, -0.15) is 0 Å². The maximum absolute atomic E-state index is 7.88.